The van der Waals surface area contributed by atoms with E-state index in [9.17, 15) is 13.2 Å². The summed E-state index contributed by atoms with van der Waals surface area (Å²) in [4.78, 5) is 12.4. The third-order valence-corrected chi connectivity index (χ3v) is 6.12. The molecule has 0 bridgehead atoms. The van der Waals surface area contributed by atoms with Gasteiger partial charge in [-0.15, -0.1) is 0 Å². The van der Waals surface area contributed by atoms with E-state index in [1.54, 1.807) is 13.0 Å². The summed E-state index contributed by atoms with van der Waals surface area (Å²) in [5, 5.41) is 3.01. The largest absolute Gasteiger partial charge is 0.495 e. The highest BCUT2D eigenvalue weighted by molar-refractivity contribution is 7.89. The van der Waals surface area contributed by atoms with Crippen molar-refractivity contribution in [2.24, 2.45) is 0 Å². The Morgan fingerprint density at radius 1 is 1.10 bits per heavy atom. The monoisotopic (exact) mass is 456 g/mol. The average Bonchev–Trinajstić information content (AvgIpc) is 2.73. The molecule has 0 radical (unpaired) electrons. The second-order valence-electron chi connectivity index (χ2n) is 6.43. The summed E-state index contributed by atoms with van der Waals surface area (Å²) in [6, 6.07) is 8.73. The van der Waals surface area contributed by atoms with Gasteiger partial charge in [0.25, 0.3) is 5.91 Å². The van der Waals surface area contributed by atoms with Crippen LogP contribution in [-0.4, -0.2) is 41.2 Å². The minimum atomic E-state index is -3.60. The first-order valence-electron chi connectivity index (χ1n) is 9.16. The first-order chi connectivity index (χ1) is 14.2. The minimum absolute atomic E-state index is 0.123. The van der Waals surface area contributed by atoms with E-state index in [-0.39, 0.29) is 17.5 Å². The van der Waals surface area contributed by atoms with Crippen LogP contribution in [0.3, 0.4) is 0 Å². The summed E-state index contributed by atoms with van der Waals surface area (Å²) in [5.41, 5.74) is 0.380. The fourth-order valence-corrected chi connectivity index (χ4v) is 3.98. The Hall–Kier alpha value is -2.49. The van der Waals surface area contributed by atoms with E-state index in [0.29, 0.717) is 34.4 Å². The van der Waals surface area contributed by atoms with Gasteiger partial charge in [-0.3, -0.25) is 4.79 Å². The highest BCUT2D eigenvalue weighted by Gasteiger charge is 2.17. The third kappa shape index (κ3) is 6.25. The number of carbonyl (C=O) groups is 1. The van der Waals surface area contributed by atoms with E-state index in [2.05, 4.69) is 10.0 Å². The predicted molar refractivity (Wildman–Crippen MR) is 115 cm³/mol. The zero-order valence-electron chi connectivity index (χ0n) is 17.2. The second kappa shape index (κ2) is 10.5. The van der Waals surface area contributed by atoms with Gasteiger partial charge in [0.05, 0.1) is 29.8 Å². The molecule has 10 heteroatoms. The van der Waals surface area contributed by atoms with Crippen LogP contribution in [0.25, 0.3) is 0 Å². The van der Waals surface area contributed by atoms with Gasteiger partial charge in [-0.1, -0.05) is 18.5 Å². The number of nitrogens with one attached hydrogen (secondary N) is 2. The van der Waals surface area contributed by atoms with Crippen LogP contribution >= 0.6 is 11.6 Å². The van der Waals surface area contributed by atoms with Crippen LogP contribution in [0.4, 0.5) is 5.69 Å². The van der Waals surface area contributed by atoms with Crippen molar-refractivity contribution in [3.8, 4) is 17.2 Å². The summed E-state index contributed by atoms with van der Waals surface area (Å²) in [5.74, 6) is 0.676. The minimum Gasteiger partial charge on any atom is -0.495 e. The molecular weight excluding hydrogens is 432 g/mol. The fraction of sp³-hybridized carbons (Fsp3) is 0.350. The molecule has 0 saturated carbocycles. The maximum absolute atomic E-state index is 12.3. The number of benzene rings is 2. The Morgan fingerprint density at radius 2 is 1.73 bits per heavy atom. The number of halogens is 1. The molecule has 2 aromatic rings. The fourth-order valence-electron chi connectivity index (χ4n) is 2.42. The molecule has 0 aliphatic rings. The third-order valence-electron chi connectivity index (χ3n) is 4.22. The quantitative estimate of drug-likeness (QED) is 0.567. The van der Waals surface area contributed by atoms with Gasteiger partial charge in [0, 0.05) is 18.2 Å². The molecule has 0 fully saturated rings. The summed E-state index contributed by atoms with van der Waals surface area (Å²) in [6.45, 7) is 3.40. The summed E-state index contributed by atoms with van der Waals surface area (Å²) < 4.78 is 42.9. The predicted octanol–water partition coefficient (Wildman–Crippen LogP) is 3.45. The molecule has 0 aliphatic heterocycles. The van der Waals surface area contributed by atoms with Crippen molar-refractivity contribution < 1.29 is 27.4 Å². The van der Waals surface area contributed by atoms with Crippen LogP contribution in [0.2, 0.25) is 5.02 Å². The maximum Gasteiger partial charge on any atom is 0.262 e. The molecule has 0 unspecified atom stereocenters. The van der Waals surface area contributed by atoms with Gasteiger partial charge in [0.15, 0.2) is 6.61 Å². The van der Waals surface area contributed by atoms with E-state index >= 15 is 0 Å². The van der Waals surface area contributed by atoms with Gasteiger partial charge in [0.1, 0.15) is 17.2 Å². The van der Waals surface area contributed by atoms with Crippen LogP contribution in [0.5, 0.6) is 17.2 Å². The topological polar surface area (TPSA) is 103 Å². The second-order valence-corrected chi connectivity index (χ2v) is 8.55. The Kier molecular flexibility index (Phi) is 8.33. The van der Waals surface area contributed by atoms with Crippen molar-refractivity contribution in [3.05, 3.63) is 41.4 Å². The summed E-state index contributed by atoms with van der Waals surface area (Å²) in [6.07, 6.45) is 0.680. The van der Waals surface area contributed by atoms with Gasteiger partial charge >= 0.3 is 0 Å². The van der Waals surface area contributed by atoms with Gasteiger partial charge in [-0.2, -0.15) is 0 Å². The number of hydrogen-bond donors (Lipinski definition) is 2. The van der Waals surface area contributed by atoms with Gasteiger partial charge in [0.2, 0.25) is 10.0 Å². The number of rotatable bonds is 10. The molecule has 2 aromatic carbocycles. The smallest absolute Gasteiger partial charge is 0.262 e. The highest BCUT2D eigenvalue weighted by atomic mass is 35.5. The van der Waals surface area contributed by atoms with E-state index in [1.807, 2.05) is 6.92 Å². The molecule has 1 amide bonds. The Bertz CT molecular complexity index is 980. The molecule has 8 nitrogen and oxygen atoms in total. The molecule has 2 N–H and O–H groups in total. The van der Waals surface area contributed by atoms with Crippen LogP contribution < -0.4 is 24.2 Å². The molecule has 2 rings (SSSR count). The average molecular weight is 457 g/mol. The molecule has 1 atom stereocenters. The zero-order valence-corrected chi connectivity index (χ0v) is 18.8. The molecule has 164 valence electrons. The first-order valence-corrected chi connectivity index (χ1v) is 11.0. The molecule has 0 aromatic heterocycles. The Morgan fingerprint density at radius 3 is 2.30 bits per heavy atom. The molecular formula is C20H25ClN2O6S. The molecule has 0 saturated heterocycles. The molecule has 0 aliphatic carbocycles. The Labute approximate surface area is 181 Å². The lowest BCUT2D eigenvalue weighted by atomic mass is 10.2. The highest BCUT2D eigenvalue weighted by Crippen LogP contribution is 2.35. The van der Waals surface area contributed by atoms with Crippen molar-refractivity contribution in [1.29, 1.82) is 0 Å². The number of carbonyl (C=O) groups excluding carboxylic acids is 1. The first kappa shape index (κ1) is 23.8. The van der Waals surface area contributed by atoms with Crippen molar-refractivity contribution in [2.45, 2.75) is 31.2 Å². The maximum atomic E-state index is 12.3. The number of hydrogen-bond acceptors (Lipinski definition) is 6. The molecule has 0 spiro atoms. The molecule has 30 heavy (non-hydrogen) atoms. The van der Waals surface area contributed by atoms with Crippen molar-refractivity contribution in [1.82, 2.24) is 4.72 Å². The van der Waals surface area contributed by atoms with E-state index in [4.69, 9.17) is 25.8 Å². The van der Waals surface area contributed by atoms with Gasteiger partial charge < -0.3 is 19.5 Å². The zero-order chi connectivity index (χ0) is 22.3. The summed E-state index contributed by atoms with van der Waals surface area (Å²) >= 11 is 6.05. The van der Waals surface area contributed by atoms with Crippen LogP contribution in [0, 0.1) is 0 Å². The number of ether oxygens (including phenoxy) is 3. The number of sulfonamides is 1. The van der Waals surface area contributed by atoms with Crippen LogP contribution in [0.15, 0.2) is 41.3 Å². The van der Waals surface area contributed by atoms with Crippen molar-refractivity contribution in [3.63, 3.8) is 0 Å². The lowest BCUT2D eigenvalue weighted by Gasteiger charge is -2.14. The lowest BCUT2D eigenvalue weighted by Crippen LogP contribution is -2.31. The van der Waals surface area contributed by atoms with Crippen molar-refractivity contribution in [2.75, 3.05) is 26.1 Å². The standard InChI is InChI=1S/C20H25ClN2O6S/c1-5-13(2)23-30(25,26)15-8-6-14(7-9-15)29-12-20(24)22-17-11-18(27-3)16(21)10-19(17)28-4/h6-11,13,23H,5,12H2,1-4H3,(H,22,24)/t13-/m1/s1. The van der Waals surface area contributed by atoms with E-state index in [1.165, 1.54) is 44.6 Å². The summed E-state index contributed by atoms with van der Waals surface area (Å²) in [7, 11) is -0.682. The van der Waals surface area contributed by atoms with Crippen LogP contribution in [0.1, 0.15) is 20.3 Å². The van der Waals surface area contributed by atoms with Crippen LogP contribution in [-0.2, 0) is 14.8 Å². The van der Waals surface area contributed by atoms with E-state index in [0.717, 1.165) is 0 Å². The number of methoxy groups -OCH3 is 2. The molecule has 0 heterocycles. The van der Waals surface area contributed by atoms with E-state index < -0.39 is 15.9 Å². The van der Waals surface area contributed by atoms with Gasteiger partial charge in [-0.25, -0.2) is 13.1 Å². The van der Waals surface area contributed by atoms with Gasteiger partial charge in [-0.05, 0) is 37.6 Å². The lowest BCUT2D eigenvalue weighted by molar-refractivity contribution is -0.118. The Balaban J connectivity index is 2.00. The normalized spacial score (nSPS) is 12.2. The number of anilines is 1. The SMILES string of the molecule is CC[C@@H](C)NS(=O)(=O)c1ccc(OCC(=O)Nc2cc(OC)c(Cl)cc2OC)cc1. The number of amides is 1. The van der Waals surface area contributed by atoms with Crippen molar-refractivity contribution >= 4 is 33.2 Å².